The fourth-order valence-corrected chi connectivity index (χ4v) is 2.75. The van der Waals surface area contributed by atoms with Crippen LogP contribution in [0.2, 0.25) is 0 Å². The van der Waals surface area contributed by atoms with E-state index >= 15 is 0 Å². The van der Waals surface area contributed by atoms with Crippen molar-refractivity contribution in [3.8, 4) is 0 Å². The van der Waals surface area contributed by atoms with Crippen molar-refractivity contribution in [2.24, 2.45) is 15.6 Å². The van der Waals surface area contributed by atoms with Gasteiger partial charge in [-0.25, -0.2) is 9.97 Å². The Bertz CT molecular complexity index is 834. The minimum atomic E-state index is 0.425. The lowest BCUT2D eigenvalue weighted by Gasteiger charge is -2.13. The van der Waals surface area contributed by atoms with E-state index < -0.39 is 0 Å². The summed E-state index contributed by atoms with van der Waals surface area (Å²) in [5.74, 6) is 0.692. The second-order valence-electron chi connectivity index (χ2n) is 7.14. The molecule has 1 aliphatic carbocycles. The molecule has 1 fully saturated rings. The van der Waals surface area contributed by atoms with Gasteiger partial charge in [-0.05, 0) is 60.9 Å². The maximum Gasteiger partial charge on any atom is 0.222 e. The summed E-state index contributed by atoms with van der Waals surface area (Å²) in [7, 11) is 1.67. The Morgan fingerprint density at radius 2 is 2.08 bits per heavy atom. The summed E-state index contributed by atoms with van der Waals surface area (Å²) in [4.78, 5) is 9.07. The Morgan fingerprint density at radius 3 is 2.68 bits per heavy atom. The number of aryl methyl sites for hydroxylation is 2. The molecule has 0 saturated heterocycles. The quantitative estimate of drug-likeness (QED) is 0.749. The van der Waals surface area contributed by atoms with Gasteiger partial charge in [-0.15, -0.1) is 0 Å². The summed E-state index contributed by atoms with van der Waals surface area (Å²) in [6.45, 7) is 11.5. The molecule has 0 atom stereocenters. The van der Waals surface area contributed by atoms with Crippen LogP contribution in [0.15, 0.2) is 41.2 Å². The SMILES string of the molecule is C=C(c1ccc(N=NC)c(C)c1)c1cnc(NCC2(C)CC2)nc1C. The third-order valence-corrected chi connectivity index (χ3v) is 4.83. The molecule has 130 valence electrons. The lowest BCUT2D eigenvalue weighted by Crippen LogP contribution is -2.14. The highest BCUT2D eigenvalue weighted by molar-refractivity contribution is 5.80. The molecule has 5 heteroatoms. The average molecular weight is 335 g/mol. The van der Waals surface area contributed by atoms with Crippen LogP contribution in [0, 0.1) is 19.3 Å². The molecule has 0 unspecified atom stereocenters. The summed E-state index contributed by atoms with van der Waals surface area (Å²) in [5, 5.41) is 11.3. The lowest BCUT2D eigenvalue weighted by molar-refractivity contribution is 0.607. The number of hydrogen-bond acceptors (Lipinski definition) is 5. The maximum absolute atomic E-state index is 4.60. The Kier molecular flexibility index (Phi) is 4.66. The topological polar surface area (TPSA) is 62.5 Å². The zero-order chi connectivity index (χ0) is 18.0. The molecule has 0 radical (unpaired) electrons. The Morgan fingerprint density at radius 1 is 1.32 bits per heavy atom. The van der Waals surface area contributed by atoms with E-state index in [1.807, 2.05) is 32.2 Å². The summed E-state index contributed by atoms with van der Waals surface area (Å²) in [5.41, 5.74) is 6.23. The molecule has 1 N–H and O–H groups in total. The molecule has 1 aromatic heterocycles. The standard InChI is InChI=1S/C20H25N5/c1-13-10-16(6-7-18(13)25-21-5)14(2)17-11-22-19(24-15(17)3)23-12-20(4)8-9-20/h6-7,10-11H,2,8-9,12H2,1,3-5H3,(H,22,23,24). The van der Waals surface area contributed by atoms with Gasteiger partial charge in [-0.1, -0.05) is 19.6 Å². The zero-order valence-corrected chi connectivity index (χ0v) is 15.4. The number of azo groups is 1. The van der Waals surface area contributed by atoms with Gasteiger partial charge in [-0.2, -0.15) is 10.2 Å². The molecule has 1 saturated carbocycles. The highest BCUT2D eigenvalue weighted by atomic mass is 15.1. The normalized spacial score (nSPS) is 15.4. The molecule has 5 nitrogen and oxygen atoms in total. The molecular formula is C20H25N5. The van der Waals surface area contributed by atoms with E-state index in [1.165, 1.54) is 12.8 Å². The van der Waals surface area contributed by atoms with Gasteiger partial charge >= 0.3 is 0 Å². The van der Waals surface area contributed by atoms with Crippen molar-refractivity contribution in [2.45, 2.75) is 33.6 Å². The van der Waals surface area contributed by atoms with E-state index in [1.54, 1.807) is 7.05 Å². The van der Waals surface area contributed by atoms with Crippen molar-refractivity contribution in [1.29, 1.82) is 0 Å². The Hall–Kier alpha value is -2.56. The van der Waals surface area contributed by atoms with Crippen LogP contribution in [0.1, 0.15) is 42.1 Å². The predicted molar refractivity (Wildman–Crippen MR) is 102 cm³/mol. The maximum atomic E-state index is 4.60. The first kappa shape index (κ1) is 17.3. The lowest BCUT2D eigenvalue weighted by atomic mass is 9.98. The van der Waals surface area contributed by atoms with Crippen LogP contribution < -0.4 is 5.32 Å². The first-order valence-corrected chi connectivity index (χ1v) is 8.59. The third kappa shape index (κ3) is 3.92. The van der Waals surface area contributed by atoms with E-state index in [9.17, 15) is 0 Å². The second kappa shape index (κ2) is 6.75. The third-order valence-electron chi connectivity index (χ3n) is 4.83. The smallest absolute Gasteiger partial charge is 0.222 e. The Labute approximate surface area is 149 Å². The van der Waals surface area contributed by atoms with Crippen molar-refractivity contribution >= 4 is 17.2 Å². The highest BCUT2D eigenvalue weighted by Gasteiger charge is 2.36. The van der Waals surface area contributed by atoms with Crippen LogP contribution in [0.4, 0.5) is 11.6 Å². The van der Waals surface area contributed by atoms with Gasteiger partial charge in [0.15, 0.2) is 0 Å². The van der Waals surface area contributed by atoms with Gasteiger partial charge in [0.2, 0.25) is 5.95 Å². The summed E-state index contributed by atoms with van der Waals surface area (Å²) in [6.07, 6.45) is 4.42. The van der Waals surface area contributed by atoms with Gasteiger partial charge in [0.25, 0.3) is 0 Å². The number of rotatable bonds is 6. The number of benzene rings is 1. The van der Waals surface area contributed by atoms with Gasteiger partial charge < -0.3 is 5.32 Å². The number of aromatic nitrogens is 2. The minimum absolute atomic E-state index is 0.425. The molecule has 25 heavy (non-hydrogen) atoms. The molecule has 0 bridgehead atoms. The zero-order valence-electron chi connectivity index (χ0n) is 15.4. The van der Waals surface area contributed by atoms with Gasteiger partial charge in [-0.3, -0.25) is 0 Å². The van der Waals surface area contributed by atoms with Gasteiger partial charge in [0.1, 0.15) is 0 Å². The van der Waals surface area contributed by atoms with Crippen molar-refractivity contribution < 1.29 is 0 Å². The Balaban J connectivity index is 1.78. The van der Waals surface area contributed by atoms with Crippen molar-refractivity contribution in [2.75, 3.05) is 18.9 Å². The van der Waals surface area contributed by atoms with E-state index in [0.717, 1.165) is 40.2 Å². The fraction of sp³-hybridized carbons (Fsp3) is 0.400. The number of nitrogens with zero attached hydrogens (tertiary/aromatic N) is 4. The summed E-state index contributed by atoms with van der Waals surface area (Å²) < 4.78 is 0. The molecule has 1 heterocycles. The molecule has 0 amide bonds. The van der Waals surface area contributed by atoms with E-state index in [4.69, 9.17) is 0 Å². The van der Waals surface area contributed by atoms with E-state index in [-0.39, 0.29) is 0 Å². The van der Waals surface area contributed by atoms with Crippen LogP contribution in [0.5, 0.6) is 0 Å². The number of nitrogens with one attached hydrogen (secondary N) is 1. The molecule has 2 aromatic rings. The monoisotopic (exact) mass is 335 g/mol. The average Bonchev–Trinajstić information content (AvgIpc) is 3.32. The molecule has 0 spiro atoms. The minimum Gasteiger partial charge on any atom is -0.354 e. The number of anilines is 1. The van der Waals surface area contributed by atoms with Crippen molar-refractivity contribution in [3.05, 3.63) is 53.4 Å². The first-order valence-electron chi connectivity index (χ1n) is 8.59. The van der Waals surface area contributed by atoms with Crippen molar-refractivity contribution in [1.82, 2.24) is 9.97 Å². The molecule has 0 aliphatic heterocycles. The number of hydrogen-bond donors (Lipinski definition) is 1. The second-order valence-corrected chi connectivity index (χ2v) is 7.14. The molecular weight excluding hydrogens is 310 g/mol. The van der Waals surface area contributed by atoms with Crippen molar-refractivity contribution in [3.63, 3.8) is 0 Å². The van der Waals surface area contributed by atoms with Crippen LogP contribution in [0.25, 0.3) is 5.57 Å². The predicted octanol–water partition coefficient (Wildman–Crippen LogP) is 5.08. The fourth-order valence-electron chi connectivity index (χ4n) is 2.75. The van der Waals surface area contributed by atoms with E-state index in [2.05, 4.69) is 45.1 Å². The van der Waals surface area contributed by atoms with Gasteiger partial charge in [0, 0.05) is 25.4 Å². The first-order chi connectivity index (χ1) is 11.9. The van der Waals surface area contributed by atoms with Crippen LogP contribution in [-0.2, 0) is 0 Å². The van der Waals surface area contributed by atoms with Gasteiger partial charge in [0.05, 0.1) is 11.4 Å². The molecule has 1 aromatic carbocycles. The van der Waals surface area contributed by atoms with Crippen LogP contribution in [0.3, 0.4) is 0 Å². The highest BCUT2D eigenvalue weighted by Crippen LogP contribution is 2.44. The van der Waals surface area contributed by atoms with Crippen LogP contribution >= 0.6 is 0 Å². The summed E-state index contributed by atoms with van der Waals surface area (Å²) in [6, 6.07) is 6.05. The summed E-state index contributed by atoms with van der Waals surface area (Å²) >= 11 is 0. The molecule has 3 rings (SSSR count). The largest absolute Gasteiger partial charge is 0.354 e. The van der Waals surface area contributed by atoms with Crippen LogP contribution in [-0.4, -0.2) is 23.6 Å². The molecule has 1 aliphatic rings. The van der Waals surface area contributed by atoms with E-state index in [0.29, 0.717) is 11.4 Å².